The third-order valence-electron chi connectivity index (χ3n) is 5.04. The normalized spacial score (nSPS) is 11.8. The Morgan fingerprint density at radius 1 is 0.970 bits per heavy atom. The van der Waals surface area contributed by atoms with Crippen LogP contribution in [0, 0.1) is 0 Å². The predicted octanol–water partition coefficient (Wildman–Crippen LogP) is 4.29. The third kappa shape index (κ3) is 5.97. The molecule has 0 radical (unpaired) electrons. The lowest BCUT2D eigenvalue weighted by atomic mass is 10.0. The summed E-state index contributed by atoms with van der Waals surface area (Å²) in [5.74, 6) is -0.271. The van der Waals surface area contributed by atoms with Crippen LogP contribution in [0.2, 0.25) is 0 Å². The number of nitrogens with zero attached hydrogens (tertiary/aromatic N) is 4. The van der Waals surface area contributed by atoms with E-state index in [0.29, 0.717) is 24.1 Å². The van der Waals surface area contributed by atoms with Crippen LogP contribution >= 0.6 is 0 Å². The summed E-state index contributed by atoms with van der Waals surface area (Å²) < 4.78 is 31.9. The molecule has 3 aromatic carbocycles. The molecule has 0 saturated carbocycles. The molecule has 0 bridgehead atoms. The quantitative estimate of drug-likeness (QED) is 0.412. The molecular weight excluding hydrogens is 428 g/mol. The average Bonchev–Trinajstić information content (AvgIpc) is 3.35. The summed E-state index contributed by atoms with van der Waals surface area (Å²) in [4.78, 5) is 13.2. The van der Waals surface area contributed by atoms with Crippen LogP contribution in [0.1, 0.15) is 22.7 Å². The number of anilines is 1. The molecule has 1 heterocycles. The summed E-state index contributed by atoms with van der Waals surface area (Å²) in [5.41, 5.74) is 2.86. The van der Waals surface area contributed by atoms with Crippen molar-refractivity contribution in [1.29, 1.82) is 0 Å². The van der Waals surface area contributed by atoms with Crippen molar-refractivity contribution in [3.63, 3.8) is 0 Å². The highest BCUT2D eigenvalue weighted by Gasteiger charge is 2.23. The number of ether oxygens (including phenoxy) is 1. The van der Waals surface area contributed by atoms with Gasteiger partial charge in [-0.3, -0.25) is 4.79 Å². The zero-order chi connectivity index (χ0) is 23.0. The van der Waals surface area contributed by atoms with Crippen LogP contribution in [0.25, 0.3) is 0 Å². The molecule has 33 heavy (non-hydrogen) atoms. The molecule has 1 atom stereocenters. The van der Waals surface area contributed by atoms with Crippen LogP contribution in [0.15, 0.2) is 85.2 Å². The zero-order valence-corrected chi connectivity index (χ0v) is 17.5. The number of amides is 1. The first-order valence-corrected chi connectivity index (χ1v) is 10.3. The number of benzene rings is 3. The molecule has 0 spiro atoms. The molecule has 4 aromatic rings. The second kappa shape index (κ2) is 10.4. The van der Waals surface area contributed by atoms with Crippen molar-refractivity contribution in [3.05, 3.63) is 102 Å². The number of aromatic nitrogens is 4. The van der Waals surface area contributed by atoms with Gasteiger partial charge in [0, 0.05) is 24.1 Å². The summed E-state index contributed by atoms with van der Waals surface area (Å²) >= 11 is 0. The maximum atomic E-state index is 13.2. The lowest BCUT2D eigenvalue weighted by Gasteiger charge is -2.18. The largest absolute Gasteiger partial charge is 0.435 e. The Balaban J connectivity index is 1.58. The summed E-state index contributed by atoms with van der Waals surface area (Å²) in [5, 5.41) is 14.0. The molecule has 0 aliphatic heterocycles. The van der Waals surface area contributed by atoms with E-state index in [2.05, 4.69) is 25.6 Å². The van der Waals surface area contributed by atoms with Gasteiger partial charge in [0.1, 0.15) is 18.1 Å². The maximum Gasteiger partial charge on any atom is 0.387 e. The predicted molar refractivity (Wildman–Crippen MR) is 118 cm³/mol. The first-order chi connectivity index (χ1) is 16.1. The second-order valence-corrected chi connectivity index (χ2v) is 7.35. The zero-order valence-electron chi connectivity index (χ0n) is 17.5. The van der Waals surface area contributed by atoms with Gasteiger partial charge in [0.05, 0.1) is 0 Å². The van der Waals surface area contributed by atoms with Gasteiger partial charge in [-0.2, -0.15) is 8.78 Å². The number of halogens is 2. The molecule has 4 rings (SSSR count). The monoisotopic (exact) mass is 449 g/mol. The number of alkyl halides is 2. The fourth-order valence-electron chi connectivity index (χ4n) is 3.50. The van der Waals surface area contributed by atoms with Crippen LogP contribution in [-0.4, -0.2) is 32.7 Å². The van der Waals surface area contributed by atoms with Gasteiger partial charge in [0.15, 0.2) is 0 Å². The Morgan fingerprint density at radius 2 is 1.67 bits per heavy atom. The van der Waals surface area contributed by atoms with E-state index in [0.717, 1.165) is 11.1 Å². The Hall–Kier alpha value is -4.14. The molecule has 1 aromatic heterocycles. The summed E-state index contributed by atoms with van der Waals surface area (Å²) in [6.07, 6.45) is 2.13. The Morgan fingerprint density at radius 3 is 2.30 bits per heavy atom. The standard InChI is InChI=1S/C24H21F2N5O2/c25-24(26)33-22-12-11-20(15-19(22)13-17-7-3-1-4-8-17)28-23(32)21(31-16-27-29-30-31)14-18-9-5-2-6-10-18/h1-12,15-16,21,24H,13-14H2,(H,28,32). The minimum absolute atomic E-state index is 0.0631. The van der Waals surface area contributed by atoms with Gasteiger partial charge in [0.25, 0.3) is 0 Å². The van der Waals surface area contributed by atoms with Crippen molar-refractivity contribution < 1.29 is 18.3 Å². The number of carbonyl (C=O) groups is 1. The van der Waals surface area contributed by atoms with Crippen LogP contribution in [0.5, 0.6) is 5.75 Å². The number of tetrazole rings is 1. The molecule has 1 amide bonds. The van der Waals surface area contributed by atoms with Crippen LogP contribution in [0.4, 0.5) is 14.5 Å². The minimum Gasteiger partial charge on any atom is -0.435 e. The molecule has 7 nitrogen and oxygen atoms in total. The van der Waals surface area contributed by atoms with E-state index in [-0.39, 0.29) is 11.7 Å². The van der Waals surface area contributed by atoms with Crippen molar-refractivity contribution in [2.45, 2.75) is 25.5 Å². The van der Waals surface area contributed by atoms with Gasteiger partial charge in [0.2, 0.25) is 5.91 Å². The first-order valence-electron chi connectivity index (χ1n) is 10.3. The molecule has 9 heteroatoms. The van der Waals surface area contributed by atoms with Gasteiger partial charge in [-0.1, -0.05) is 60.7 Å². The summed E-state index contributed by atoms with van der Waals surface area (Å²) in [6, 6.07) is 22.8. The van der Waals surface area contributed by atoms with Gasteiger partial charge in [-0.15, -0.1) is 5.10 Å². The van der Waals surface area contributed by atoms with Crippen molar-refractivity contribution >= 4 is 11.6 Å². The molecule has 1 N–H and O–H groups in total. The number of hydrogen-bond acceptors (Lipinski definition) is 5. The number of carbonyl (C=O) groups excluding carboxylic acids is 1. The fourth-order valence-corrected chi connectivity index (χ4v) is 3.50. The highest BCUT2D eigenvalue weighted by molar-refractivity contribution is 5.94. The molecule has 0 aliphatic rings. The van der Waals surface area contributed by atoms with Gasteiger partial charge in [-0.25, -0.2) is 4.68 Å². The van der Waals surface area contributed by atoms with E-state index in [1.165, 1.54) is 23.1 Å². The number of rotatable bonds is 9. The molecule has 168 valence electrons. The average molecular weight is 449 g/mol. The lowest BCUT2D eigenvalue weighted by molar-refractivity contribution is -0.119. The second-order valence-electron chi connectivity index (χ2n) is 7.35. The van der Waals surface area contributed by atoms with E-state index in [9.17, 15) is 13.6 Å². The molecule has 1 unspecified atom stereocenters. The minimum atomic E-state index is -2.95. The van der Waals surface area contributed by atoms with Crippen molar-refractivity contribution in [2.75, 3.05) is 5.32 Å². The van der Waals surface area contributed by atoms with E-state index < -0.39 is 12.7 Å². The first kappa shape index (κ1) is 22.1. The molecule has 0 fully saturated rings. The molecular formula is C24H21F2N5O2. The van der Waals surface area contributed by atoms with Crippen LogP contribution in [0.3, 0.4) is 0 Å². The Labute approximate surface area is 189 Å². The molecule has 0 saturated heterocycles. The van der Waals surface area contributed by atoms with Gasteiger partial charge < -0.3 is 10.1 Å². The highest BCUT2D eigenvalue weighted by Crippen LogP contribution is 2.28. The van der Waals surface area contributed by atoms with E-state index in [1.807, 2.05) is 60.7 Å². The fraction of sp³-hybridized carbons (Fsp3) is 0.167. The van der Waals surface area contributed by atoms with E-state index in [4.69, 9.17) is 0 Å². The third-order valence-corrected chi connectivity index (χ3v) is 5.04. The highest BCUT2D eigenvalue weighted by atomic mass is 19.3. The van der Waals surface area contributed by atoms with Crippen molar-refractivity contribution in [1.82, 2.24) is 20.2 Å². The van der Waals surface area contributed by atoms with E-state index >= 15 is 0 Å². The SMILES string of the molecule is O=C(Nc1ccc(OC(F)F)c(Cc2ccccc2)c1)C(Cc1ccccc1)n1cnnn1. The van der Waals surface area contributed by atoms with Crippen molar-refractivity contribution in [2.24, 2.45) is 0 Å². The lowest BCUT2D eigenvalue weighted by Crippen LogP contribution is -2.28. The topological polar surface area (TPSA) is 81.9 Å². The molecule has 0 aliphatic carbocycles. The van der Waals surface area contributed by atoms with Crippen LogP contribution < -0.4 is 10.1 Å². The van der Waals surface area contributed by atoms with Crippen LogP contribution in [-0.2, 0) is 17.6 Å². The van der Waals surface area contributed by atoms with E-state index in [1.54, 1.807) is 6.07 Å². The summed E-state index contributed by atoms with van der Waals surface area (Å²) in [7, 11) is 0. The summed E-state index contributed by atoms with van der Waals surface area (Å²) in [6.45, 7) is -2.95. The number of hydrogen-bond donors (Lipinski definition) is 1. The van der Waals surface area contributed by atoms with Crippen molar-refractivity contribution in [3.8, 4) is 5.75 Å². The number of nitrogens with one attached hydrogen (secondary N) is 1. The van der Waals surface area contributed by atoms with Gasteiger partial charge in [-0.05, 0) is 39.8 Å². The maximum absolute atomic E-state index is 13.2. The van der Waals surface area contributed by atoms with Gasteiger partial charge >= 0.3 is 6.61 Å². The smallest absolute Gasteiger partial charge is 0.387 e. The Kier molecular flexibility index (Phi) is 6.99. The Bertz CT molecular complexity index is 1170.